The number of esters is 2. The van der Waals surface area contributed by atoms with Gasteiger partial charge in [-0.1, -0.05) is 122 Å². The summed E-state index contributed by atoms with van der Waals surface area (Å²) in [7, 11) is 0. The van der Waals surface area contributed by atoms with Crippen LogP contribution in [0.25, 0.3) is 0 Å². The predicted octanol–water partition coefficient (Wildman–Crippen LogP) is 8.16. The van der Waals surface area contributed by atoms with E-state index in [-0.39, 0.29) is 26.1 Å². The highest BCUT2D eigenvalue weighted by Crippen LogP contribution is 2.22. The van der Waals surface area contributed by atoms with Crippen LogP contribution in [0.5, 0.6) is 0 Å². The first kappa shape index (κ1) is 48.2. The Bertz CT molecular complexity index is 907. The molecule has 1 aliphatic rings. The Morgan fingerprint density at radius 2 is 1.02 bits per heavy atom. The molecule has 1 heterocycles. The average molecular weight is 741 g/mol. The van der Waals surface area contributed by atoms with Crippen molar-refractivity contribution in [1.82, 2.24) is 0 Å². The van der Waals surface area contributed by atoms with E-state index in [2.05, 4.69) is 38.2 Å². The quantitative estimate of drug-likeness (QED) is 0.0289. The van der Waals surface area contributed by atoms with E-state index < -0.39 is 55.4 Å². The Morgan fingerprint density at radius 3 is 1.58 bits per heavy atom. The Labute approximate surface area is 315 Å². The molecule has 0 bridgehead atoms. The first-order valence-corrected chi connectivity index (χ1v) is 20.9. The number of allylic oxidation sites excluding steroid dienone is 4. The summed E-state index contributed by atoms with van der Waals surface area (Å²) >= 11 is 0. The highest BCUT2D eigenvalue weighted by atomic mass is 16.7. The molecule has 1 fully saturated rings. The molecule has 0 aromatic heterocycles. The van der Waals surface area contributed by atoms with E-state index in [0.29, 0.717) is 12.8 Å². The maximum Gasteiger partial charge on any atom is 0.306 e. The van der Waals surface area contributed by atoms with Crippen molar-refractivity contribution in [2.24, 2.45) is 0 Å². The summed E-state index contributed by atoms with van der Waals surface area (Å²) in [5.74, 6) is -0.842. The molecule has 0 aromatic carbocycles. The number of unbranched alkanes of at least 4 members (excludes halogenated alkanes) is 19. The maximum atomic E-state index is 12.7. The predicted molar refractivity (Wildman–Crippen MR) is 206 cm³/mol. The molecule has 0 radical (unpaired) electrons. The SMILES string of the molecule is CCCCC/C=C/CCCCCCCC(=O)O[C@@H](COC(=O)CCCC/C=C/CCCCCCCCCCC)CO[C@H]1O[C@@H](CO)[C@@H](O)C(O)C1O. The minimum atomic E-state index is -1.60. The van der Waals surface area contributed by atoms with Crippen molar-refractivity contribution in [3.63, 3.8) is 0 Å². The van der Waals surface area contributed by atoms with E-state index in [1.54, 1.807) is 0 Å². The summed E-state index contributed by atoms with van der Waals surface area (Å²) in [5.41, 5.74) is 0. The van der Waals surface area contributed by atoms with Gasteiger partial charge in [0.25, 0.3) is 0 Å². The smallest absolute Gasteiger partial charge is 0.306 e. The van der Waals surface area contributed by atoms with E-state index in [1.165, 1.54) is 77.0 Å². The van der Waals surface area contributed by atoms with E-state index in [1.807, 2.05) is 0 Å². The van der Waals surface area contributed by atoms with Crippen LogP contribution in [0, 0.1) is 0 Å². The Kier molecular flexibility index (Phi) is 31.3. The molecule has 304 valence electrons. The van der Waals surface area contributed by atoms with Gasteiger partial charge in [-0.05, 0) is 64.2 Å². The third kappa shape index (κ3) is 25.2. The number of ether oxygens (including phenoxy) is 4. The Balaban J connectivity index is 2.38. The molecular weight excluding hydrogens is 664 g/mol. The first-order chi connectivity index (χ1) is 25.3. The summed E-state index contributed by atoms with van der Waals surface area (Å²) in [6, 6.07) is 0. The van der Waals surface area contributed by atoms with Crippen LogP contribution in [0.3, 0.4) is 0 Å². The van der Waals surface area contributed by atoms with Gasteiger partial charge in [-0.15, -0.1) is 0 Å². The second-order valence-electron chi connectivity index (χ2n) is 14.4. The number of carbonyl (C=O) groups is 2. The van der Waals surface area contributed by atoms with Gasteiger partial charge in [0.15, 0.2) is 12.4 Å². The zero-order valence-electron chi connectivity index (χ0n) is 32.8. The van der Waals surface area contributed by atoms with Gasteiger partial charge in [0.2, 0.25) is 0 Å². The number of hydrogen-bond donors (Lipinski definition) is 4. The van der Waals surface area contributed by atoms with E-state index in [9.17, 15) is 30.0 Å². The number of hydrogen-bond acceptors (Lipinski definition) is 10. The molecule has 1 saturated heterocycles. The van der Waals surface area contributed by atoms with Crippen molar-refractivity contribution < 1.29 is 49.0 Å². The first-order valence-electron chi connectivity index (χ1n) is 20.9. The lowest BCUT2D eigenvalue weighted by Gasteiger charge is -2.39. The van der Waals surface area contributed by atoms with Crippen LogP contribution in [0.2, 0.25) is 0 Å². The molecule has 10 nitrogen and oxygen atoms in total. The van der Waals surface area contributed by atoms with Gasteiger partial charge in [0.1, 0.15) is 31.0 Å². The average Bonchev–Trinajstić information content (AvgIpc) is 3.14. The normalized spacial score (nSPS) is 21.2. The fraction of sp³-hybridized carbons (Fsp3) is 0.857. The number of rotatable bonds is 34. The molecule has 52 heavy (non-hydrogen) atoms. The molecule has 1 aliphatic heterocycles. The van der Waals surface area contributed by atoms with Gasteiger partial charge >= 0.3 is 11.9 Å². The number of aliphatic hydroxyl groups excluding tert-OH is 4. The largest absolute Gasteiger partial charge is 0.462 e. The highest BCUT2D eigenvalue weighted by Gasteiger charge is 2.44. The minimum Gasteiger partial charge on any atom is -0.462 e. The van der Waals surface area contributed by atoms with Crippen molar-refractivity contribution in [3.8, 4) is 0 Å². The van der Waals surface area contributed by atoms with Crippen molar-refractivity contribution in [2.75, 3.05) is 19.8 Å². The summed E-state index contributed by atoms with van der Waals surface area (Å²) < 4.78 is 22.1. The summed E-state index contributed by atoms with van der Waals surface area (Å²) in [4.78, 5) is 25.2. The third-order valence-corrected chi connectivity index (χ3v) is 9.56. The van der Waals surface area contributed by atoms with Gasteiger partial charge in [-0.3, -0.25) is 9.59 Å². The highest BCUT2D eigenvalue weighted by molar-refractivity contribution is 5.70. The van der Waals surface area contributed by atoms with Crippen LogP contribution in [-0.4, -0.2) is 89.0 Å². The summed E-state index contributed by atoms with van der Waals surface area (Å²) in [5, 5.41) is 39.9. The monoisotopic (exact) mass is 741 g/mol. The third-order valence-electron chi connectivity index (χ3n) is 9.56. The lowest BCUT2D eigenvalue weighted by atomic mass is 9.99. The van der Waals surface area contributed by atoms with Crippen LogP contribution in [0.15, 0.2) is 24.3 Å². The Morgan fingerprint density at radius 1 is 0.577 bits per heavy atom. The van der Waals surface area contributed by atoms with Gasteiger partial charge in [0, 0.05) is 12.8 Å². The molecule has 0 aliphatic carbocycles. The van der Waals surface area contributed by atoms with Crippen molar-refractivity contribution in [3.05, 3.63) is 24.3 Å². The van der Waals surface area contributed by atoms with E-state index >= 15 is 0 Å². The summed E-state index contributed by atoms with van der Waals surface area (Å²) in [6.45, 7) is 3.36. The van der Waals surface area contributed by atoms with Crippen LogP contribution < -0.4 is 0 Å². The van der Waals surface area contributed by atoms with Crippen LogP contribution in [0.1, 0.15) is 174 Å². The lowest BCUT2D eigenvalue weighted by molar-refractivity contribution is -0.305. The molecule has 6 atom stereocenters. The maximum absolute atomic E-state index is 12.7. The van der Waals surface area contributed by atoms with Gasteiger partial charge in [0.05, 0.1) is 13.2 Å². The molecule has 4 N–H and O–H groups in total. The van der Waals surface area contributed by atoms with Crippen LogP contribution in [0.4, 0.5) is 0 Å². The topological polar surface area (TPSA) is 152 Å². The molecule has 0 amide bonds. The van der Waals surface area contributed by atoms with E-state index in [0.717, 1.165) is 57.8 Å². The molecule has 0 aromatic rings. The van der Waals surface area contributed by atoms with Gasteiger partial charge in [-0.25, -0.2) is 0 Å². The standard InChI is InChI=1S/C42H76O10/c1-3-5-7-9-11-13-15-17-18-19-21-22-24-26-28-30-37(44)49-33-35(34-50-42-41(48)40(47)39(46)36(32-43)52-42)51-38(45)31-29-27-25-23-20-16-14-12-10-8-6-4-2/h12,14,21-22,35-36,39-43,46-48H,3-11,13,15-20,23-34H2,1-2H3/b14-12+,22-21+/t35-,36-,39+,40?,41?,42-/m0/s1. The zero-order valence-corrected chi connectivity index (χ0v) is 32.8. The van der Waals surface area contributed by atoms with Crippen LogP contribution >= 0.6 is 0 Å². The van der Waals surface area contributed by atoms with Gasteiger partial charge < -0.3 is 39.4 Å². The van der Waals surface area contributed by atoms with Crippen molar-refractivity contribution in [2.45, 2.75) is 211 Å². The fourth-order valence-electron chi connectivity index (χ4n) is 6.18. The minimum absolute atomic E-state index is 0.217. The number of aliphatic hydroxyl groups is 4. The summed E-state index contributed by atoms with van der Waals surface area (Å²) in [6.07, 6.45) is 27.6. The molecule has 1 rings (SSSR count). The number of carbonyl (C=O) groups excluding carboxylic acids is 2. The van der Waals surface area contributed by atoms with Crippen LogP contribution in [-0.2, 0) is 28.5 Å². The molecule has 10 heteroatoms. The molecule has 0 saturated carbocycles. The van der Waals surface area contributed by atoms with Gasteiger partial charge in [-0.2, -0.15) is 0 Å². The lowest BCUT2D eigenvalue weighted by Crippen LogP contribution is -2.59. The second kappa shape index (κ2) is 33.7. The van der Waals surface area contributed by atoms with E-state index in [4.69, 9.17) is 18.9 Å². The molecule has 0 spiro atoms. The molecule has 2 unspecified atom stereocenters. The molecular formula is C42H76O10. The van der Waals surface area contributed by atoms with Crippen molar-refractivity contribution >= 4 is 11.9 Å². The van der Waals surface area contributed by atoms with Crippen molar-refractivity contribution in [1.29, 1.82) is 0 Å². The second-order valence-corrected chi connectivity index (χ2v) is 14.4. The fourth-order valence-corrected chi connectivity index (χ4v) is 6.18. The zero-order chi connectivity index (χ0) is 38.1. The Hall–Kier alpha value is -1.82.